The quantitative estimate of drug-likeness (QED) is 0.543. The van der Waals surface area contributed by atoms with Crippen LogP contribution >= 0.6 is 11.6 Å². The SMILES string of the molecule is CC(C)N1C[C@@H](C(=O)N2CCN(c3ccccc3CN3CCCCC3)CC2)[C@H](c2ccc(Cl)cc2)C1. The maximum absolute atomic E-state index is 13.8. The number of nitrogens with zero attached hydrogens (tertiary/aromatic N) is 4. The van der Waals surface area contributed by atoms with E-state index >= 15 is 0 Å². The van der Waals surface area contributed by atoms with Crippen molar-refractivity contribution in [1.29, 1.82) is 0 Å². The Balaban J connectivity index is 1.25. The van der Waals surface area contributed by atoms with E-state index in [1.165, 1.54) is 49.2 Å². The molecule has 0 spiro atoms. The number of piperidine rings is 1. The van der Waals surface area contributed by atoms with E-state index in [1.54, 1.807) is 0 Å². The third-order valence-electron chi connectivity index (χ3n) is 8.46. The number of hydrogen-bond donors (Lipinski definition) is 0. The van der Waals surface area contributed by atoms with Crippen LogP contribution in [0.15, 0.2) is 48.5 Å². The van der Waals surface area contributed by atoms with Gasteiger partial charge in [-0.3, -0.25) is 14.6 Å². The van der Waals surface area contributed by atoms with Crippen LogP contribution < -0.4 is 4.90 Å². The van der Waals surface area contributed by atoms with Crippen LogP contribution in [-0.4, -0.2) is 79.0 Å². The van der Waals surface area contributed by atoms with Crippen LogP contribution in [0.25, 0.3) is 0 Å². The van der Waals surface area contributed by atoms with E-state index in [0.717, 1.165) is 50.8 Å². The standard InChI is InChI=1S/C30H41ClN4O/c1-23(2)35-21-27(24-10-12-26(31)13-11-24)28(22-35)30(36)34-18-16-33(17-19-34)29-9-5-4-8-25(29)20-32-14-6-3-7-15-32/h4-5,8-13,23,27-28H,3,6-7,14-22H2,1-2H3/t27-,28+/m0/s1. The number of benzene rings is 2. The van der Waals surface area contributed by atoms with Crippen LogP contribution in [0, 0.1) is 5.92 Å². The first-order chi connectivity index (χ1) is 17.5. The van der Waals surface area contributed by atoms with E-state index in [4.69, 9.17) is 11.6 Å². The Bertz CT molecular complexity index is 1010. The van der Waals surface area contributed by atoms with Crippen molar-refractivity contribution in [2.75, 3.05) is 57.3 Å². The second-order valence-corrected chi connectivity index (χ2v) is 11.5. The number of rotatable bonds is 6. The molecule has 2 aromatic carbocycles. The molecule has 2 atom stereocenters. The summed E-state index contributed by atoms with van der Waals surface area (Å²) in [5.41, 5.74) is 4.00. The second-order valence-electron chi connectivity index (χ2n) is 11.1. The lowest BCUT2D eigenvalue weighted by Crippen LogP contribution is -2.51. The predicted molar refractivity (Wildman–Crippen MR) is 149 cm³/mol. The number of likely N-dealkylation sites (tertiary alicyclic amines) is 2. The summed E-state index contributed by atoms with van der Waals surface area (Å²) in [5.74, 6) is 0.548. The Morgan fingerprint density at radius 3 is 2.28 bits per heavy atom. The summed E-state index contributed by atoms with van der Waals surface area (Å²) in [6.45, 7) is 13.1. The van der Waals surface area contributed by atoms with Gasteiger partial charge in [-0.05, 0) is 69.1 Å². The monoisotopic (exact) mass is 508 g/mol. The summed E-state index contributed by atoms with van der Waals surface area (Å²) in [5, 5.41) is 0.747. The third kappa shape index (κ3) is 5.74. The highest BCUT2D eigenvalue weighted by molar-refractivity contribution is 6.30. The summed E-state index contributed by atoms with van der Waals surface area (Å²) in [7, 11) is 0. The van der Waals surface area contributed by atoms with Crippen molar-refractivity contribution in [1.82, 2.24) is 14.7 Å². The highest BCUT2D eigenvalue weighted by Crippen LogP contribution is 2.36. The molecule has 1 amide bonds. The van der Waals surface area contributed by atoms with Gasteiger partial charge in [0.05, 0.1) is 5.92 Å². The van der Waals surface area contributed by atoms with Crippen molar-refractivity contribution < 1.29 is 4.79 Å². The number of hydrogen-bond acceptors (Lipinski definition) is 4. The summed E-state index contributed by atoms with van der Waals surface area (Å²) < 4.78 is 0. The van der Waals surface area contributed by atoms with Gasteiger partial charge >= 0.3 is 0 Å². The van der Waals surface area contributed by atoms with Gasteiger partial charge in [0.2, 0.25) is 5.91 Å². The molecule has 0 aliphatic carbocycles. The minimum Gasteiger partial charge on any atom is -0.368 e. The van der Waals surface area contributed by atoms with Gasteiger partial charge in [-0.2, -0.15) is 0 Å². The van der Waals surface area contributed by atoms with Crippen LogP contribution in [0.3, 0.4) is 0 Å². The lowest BCUT2D eigenvalue weighted by Gasteiger charge is -2.39. The highest BCUT2D eigenvalue weighted by atomic mass is 35.5. The van der Waals surface area contributed by atoms with Crippen molar-refractivity contribution in [2.45, 2.75) is 51.6 Å². The molecule has 0 N–H and O–H groups in total. The minimum atomic E-state index is 0.00603. The predicted octanol–water partition coefficient (Wildman–Crippen LogP) is 5.10. The zero-order valence-corrected chi connectivity index (χ0v) is 22.7. The fourth-order valence-corrected chi connectivity index (χ4v) is 6.39. The van der Waals surface area contributed by atoms with E-state index in [-0.39, 0.29) is 11.8 Å². The molecule has 0 saturated carbocycles. The summed E-state index contributed by atoms with van der Waals surface area (Å²) in [6, 6.07) is 17.4. The first-order valence-electron chi connectivity index (χ1n) is 13.8. The molecule has 36 heavy (non-hydrogen) atoms. The molecular formula is C30H41ClN4O. The molecule has 3 aliphatic rings. The van der Waals surface area contributed by atoms with E-state index in [2.05, 4.69) is 69.8 Å². The Morgan fingerprint density at radius 1 is 0.889 bits per heavy atom. The fourth-order valence-electron chi connectivity index (χ4n) is 6.27. The Kier molecular flexibility index (Phi) is 8.19. The molecular weight excluding hydrogens is 468 g/mol. The smallest absolute Gasteiger partial charge is 0.227 e. The summed E-state index contributed by atoms with van der Waals surface area (Å²) in [6.07, 6.45) is 3.99. The number of amides is 1. The Hall–Kier alpha value is -2.08. The van der Waals surface area contributed by atoms with Crippen molar-refractivity contribution >= 4 is 23.2 Å². The van der Waals surface area contributed by atoms with Gasteiger partial charge in [-0.15, -0.1) is 0 Å². The van der Waals surface area contributed by atoms with E-state index in [1.807, 2.05) is 12.1 Å². The van der Waals surface area contributed by atoms with Crippen molar-refractivity contribution in [2.24, 2.45) is 5.92 Å². The average molecular weight is 509 g/mol. The van der Waals surface area contributed by atoms with Crippen LogP contribution in [-0.2, 0) is 11.3 Å². The summed E-state index contributed by atoms with van der Waals surface area (Å²) >= 11 is 6.16. The molecule has 3 fully saturated rings. The Morgan fingerprint density at radius 2 is 1.58 bits per heavy atom. The molecule has 0 radical (unpaired) electrons. The van der Waals surface area contributed by atoms with Crippen molar-refractivity contribution in [3.63, 3.8) is 0 Å². The maximum atomic E-state index is 13.8. The number of piperazine rings is 1. The van der Waals surface area contributed by atoms with Gasteiger partial charge in [0.15, 0.2) is 0 Å². The van der Waals surface area contributed by atoms with Gasteiger partial charge in [0.25, 0.3) is 0 Å². The van der Waals surface area contributed by atoms with Crippen molar-refractivity contribution in [3.05, 3.63) is 64.7 Å². The first kappa shape index (κ1) is 25.6. The second kappa shape index (κ2) is 11.5. The van der Waals surface area contributed by atoms with Gasteiger partial charge in [0, 0.05) is 68.5 Å². The highest BCUT2D eigenvalue weighted by Gasteiger charge is 2.41. The Labute approximate surface area is 222 Å². The van der Waals surface area contributed by atoms with Gasteiger partial charge in [-0.25, -0.2) is 0 Å². The van der Waals surface area contributed by atoms with Crippen LogP contribution in [0.1, 0.15) is 50.2 Å². The fraction of sp³-hybridized carbons (Fsp3) is 0.567. The molecule has 0 bridgehead atoms. The van der Waals surface area contributed by atoms with Crippen LogP contribution in [0.4, 0.5) is 5.69 Å². The zero-order chi connectivity index (χ0) is 25.1. The van der Waals surface area contributed by atoms with Crippen molar-refractivity contribution in [3.8, 4) is 0 Å². The number of carbonyl (C=O) groups is 1. The number of carbonyl (C=O) groups excluding carboxylic acids is 1. The molecule has 5 nitrogen and oxygen atoms in total. The lowest BCUT2D eigenvalue weighted by atomic mass is 9.88. The van der Waals surface area contributed by atoms with Crippen LogP contribution in [0.2, 0.25) is 5.02 Å². The van der Waals surface area contributed by atoms with Gasteiger partial charge in [0.1, 0.15) is 0 Å². The molecule has 194 valence electrons. The normalized spacial score (nSPS) is 24.0. The molecule has 0 unspecified atom stereocenters. The van der Waals surface area contributed by atoms with E-state index < -0.39 is 0 Å². The zero-order valence-electron chi connectivity index (χ0n) is 21.9. The molecule has 2 aromatic rings. The molecule has 5 rings (SSSR count). The average Bonchev–Trinajstić information content (AvgIpc) is 3.36. The number of halogens is 1. The molecule has 0 aromatic heterocycles. The van der Waals surface area contributed by atoms with Gasteiger partial charge in [-0.1, -0.05) is 48.4 Å². The third-order valence-corrected chi connectivity index (χ3v) is 8.71. The topological polar surface area (TPSA) is 30.0 Å². The van der Waals surface area contributed by atoms with Crippen LogP contribution in [0.5, 0.6) is 0 Å². The number of para-hydroxylation sites is 1. The molecule has 3 heterocycles. The maximum Gasteiger partial charge on any atom is 0.227 e. The van der Waals surface area contributed by atoms with E-state index in [9.17, 15) is 4.79 Å². The minimum absolute atomic E-state index is 0.00603. The lowest BCUT2D eigenvalue weighted by molar-refractivity contribution is -0.135. The molecule has 6 heteroatoms. The first-order valence-corrected chi connectivity index (χ1v) is 14.2. The van der Waals surface area contributed by atoms with E-state index in [0.29, 0.717) is 11.9 Å². The van der Waals surface area contributed by atoms with Gasteiger partial charge < -0.3 is 9.80 Å². The summed E-state index contributed by atoms with van der Waals surface area (Å²) in [4.78, 5) is 23.5. The molecule has 3 saturated heterocycles. The number of anilines is 1. The molecule has 3 aliphatic heterocycles. The largest absolute Gasteiger partial charge is 0.368 e.